The van der Waals surface area contributed by atoms with Gasteiger partial charge in [-0.3, -0.25) is 4.79 Å². The number of amides is 1. The Kier molecular flexibility index (Phi) is 6.54. The summed E-state index contributed by atoms with van der Waals surface area (Å²) in [5.74, 6) is -1.89. The molecule has 1 heterocycles. The maximum atomic E-state index is 12.4. The van der Waals surface area contributed by atoms with Gasteiger partial charge in [-0.25, -0.2) is 19.2 Å². The van der Waals surface area contributed by atoms with Crippen LogP contribution in [0, 0.1) is 13.8 Å². The Morgan fingerprint density at radius 1 is 1.33 bits per heavy atom. The molecule has 1 amide bonds. The van der Waals surface area contributed by atoms with Gasteiger partial charge in [0.15, 0.2) is 11.2 Å². The fourth-order valence-corrected chi connectivity index (χ4v) is 2.29. The third kappa shape index (κ3) is 4.96. The van der Waals surface area contributed by atoms with Crippen LogP contribution in [0.3, 0.4) is 0 Å². The number of nitrogens with zero attached hydrogens (tertiary/aromatic N) is 2. The molecule has 21 heavy (non-hydrogen) atoms. The van der Waals surface area contributed by atoms with Gasteiger partial charge in [0.2, 0.25) is 5.91 Å². The molecule has 8 heteroatoms. The summed E-state index contributed by atoms with van der Waals surface area (Å²) in [6, 6.07) is -1.49. The predicted molar refractivity (Wildman–Crippen MR) is 77.1 cm³/mol. The summed E-state index contributed by atoms with van der Waals surface area (Å²) in [7, 11) is 0. The Bertz CT molecular complexity index is 516. The van der Waals surface area contributed by atoms with E-state index in [1.165, 1.54) is 11.8 Å². The van der Waals surface area contributed by atoms with Crippen LogP contribution in [0.5, 0.6) is 0 Å². The van der Waals surface area contributed by atoms with Crippen molar-refractivity contribution in [3.05, 3.63) is 17.0 Å². The van der Waals surface area contributed by atoms with Gasteiger partial charge in [0.25, 0.3) is 0 Å². The first-order valence-electron chi connectivity index (χ1n) is 6.35. The van der Waals surface area contributed by atoms with Crippen LogP contribution in [-0.2, 0) is 16.0 Å². The monoisotopic (exact) mass is 315 g/mol. The molecule has 0 fully saturated rings. The van der Waals surface area contributed by atoms with E-state index in [1.54, 1.807) is 0 Å². The van der Waals surface area contributed by atoms with Crippen LogP contribution in [-0.4, -0.2) is 45.9 Å². The second-order valence-corrected chi connectivity index (χ2v) is 5.25. The number of nitrogens with one attached hydrogen (secondary N) is 1. The van der Waals surface area contributed by atoms with Crippen LogP contribution in [0.15, 0.2) is 5.16 Å². The molecule has 1 aromatic heterocycles. The number of thioether (sulfide) groups is 1. The zero-order chi connectivity index (χ0) is 16.0. The molecule has 2 N–H and O–H groups in total. The summed E-state index contributed by atoms with van der Waals surface area (Å²) in [5.41, 5.74) is 2.44. The largest absolute Gasteiger partial charge is 0.480 e. The number of hydrogen-bond acceptors (Lipinski definition) is 5. The Hall–Kier alpha value is -1.70. The number of carbonyl (C=O) groups excluding carboxylic acids is 1. The third-order valence-corrected chi connectivity index (χ3v) is 3.52. The lowest BCUT2D eigenvalue weighted by atomic mass is 10.1. The van der Waals surface area contributed by atoms with Gasteiger partial charge in [-0.1, -0.05) is 11.8 Å². The van der Waals surface area contributed by atoms with Crippen molar-refractivity contribution in [1.82, 2.24) is 15.3 Å². The van der Waals surface area contributed by atoms with Crippen molar-refractivity contribution < 1.29 is 19.1 Å². The number of carboxylic acids is 1. The van der Waals surface area contributed by atoms with Crippen LogP contribution in [0.4, 0.5) is 4.39 Å². The van der Waals surface area contributed by atoms with Crippen LogP contribution in [0.25, 0.3) is 0 Å². The zero-order valence-corrected chi connectivity index (χ0v) is 13.0. The maximum Gasteiger partial charge on any atom is 0.328 e. The van der Waals surface area contributed by atoms with E-state index in [2.05, 4.69) is 15.3 Å². The lowest BCUT2D eigenvalue weighted by molar-refractivity contribution is -0.142. The van der Waals surface area contributed by atoms with E-state index in [9.17, 15) is 14.0 Å². The molecule has 1 atom stereocenters. The van der Waals surface area contributed by atoms with E-state index in [-0.39, 0.29) is 6.42 Å². The minimum atomic E-state index is -1.49. The van der Waals surface area contributed by atoms with Gasteiger partial charge in [0.05, 0.1) is 0 Å². The summed E-state index contributed by atoms with van der Waals surface area (Å²) in [5, 5.41) is 11.5. The zero-order valence-electron chi connectivity index (χ0n) is 12.1. The van der Waals surface area contributed by atoms with Gasteiger partial charge in [-0.15, -0.1) is 0 Å². The highest BCUT2D eigenvalue weighted by Gasteiger charge is 2.19. The van der Waals surface area contributed by atoms with Crippen molar-refractivity contribution in [3.8, 4) is 0 Å². The molecule has 0 aliphatic carbocycles. The van der Waals surface area contributed by atoms with Crippen molar-refractivity contribution in [1.29, 1.82) is 0 Å². The lowest BCUT2D eigenvalue weighted by Crippen LogP contribution is -2.42. The van der Waals surface area contributed by atoms with E-state index in [0.29, 0.717) is 11.6 Å². The molecular formula is C13H18FN3O3S. The topological polar surface area (TPSA) is 92.2 Å². The standard InChI is InChI=1S/C13H18FN3O3S/c1-7-9(8(2)16-13(15-7)21-3)4-5-11(18)17-10(6-14)12(19)20/h10H,4-6H2,1-3H3,(H,17,18)(H,19,20). The number of alkyl halides is 1. The molecule has 1 aromatic rings. The van der Waals surface area contributed by atoms with Gasteiger partial charge in [-0.05, 0) is 32.1 Å². The number of carbonyl (C=O) groups is 2. The van der Waals surface area contributed by atoms with Crippen molar-refractivity contribution in [2.45, 2.75) is 37.9 Å². The molecule has 0 aliphatic rings. The van der Waals surface area contributed by atoms with E-state index < -0.39 is 24.6 Å². The van der Waals surface area contributed by atoms with Crippen LogP contribution >= 0.6 is 11.8 Å². The molecule has 0 saturated carbocycles. The SMILES string of the molecule is CSc1nc(C)c(CCC(=O)NC(CF)C(=O)O)c(C)n1. The highest BCUT2D eigenvalue weighted by Crippen LogP contribution is 2.17. The van der Waals surface area contributed by atoms with E-state index in [1.807, 2.05) is 20.1 Å². The second kappa shape index (κ2) is 7.92. The maximum absolute atomic E-state index is 12.4. The molecule has 0 radical (unpaired) electrons. The molecule has 1 rings (SSSR count). The summed E-state index contributed by atoms with van der Waals surface area (Å²) >= 11 is 1.44. The second-order valence-electron chi connectivity index (χ2n) is 4.47. The normalized spacial score (nSPS) is 12.0. The highest BCUT2D eigenvalue weighted by atomic mass is 32.2. The Labute approximate surface area is 126 Å². The first-order valence-corrected chi connectivity index (χ1v) is 7.57. The molecule has 0 bridgehead atoms. The summed E-state index contributed by atoms with van der Waals surface area (Å²) in [6.07, 6.45) is 2.33. The summed E-state index contributed by atoms with van der Waals surface area (Å²) in [6.45, 7) is 2.54. The Morgan fingerprint density at radius 3 is 2.33 bits per heavy atom. The Morgan fingerprint density at radius 2 is 1.90 bits per heavy atom. The first-order chi connectivity index (χ1) is 9.88. The first kappa shape index (κ1) is 17.4. The van der Waals surface area contributed by atoms with Gasteiger partial charge in [0.1, 0.15) is 6.67 Å². The van der Waals surface area contributed by atoms with Gasteiger partial charge < -0.3 is 10.4 Å². The minimum absolute atomic E-state index is 0.0629. The van der Waals surface area contributed by atoms with Crippen molar-refractivity contribution in [2.75, 3.05) is 12.9 Å². The van der Waals surface area contributed by atoms with E-state index >= 15 is 0 Å². The van der Waals surface area contributed by atoms with Crippen molar-refractivity contribution in [2.24, 2.45) is 0 Å². The lowest BCUT2D eigenvalue weighted by Gasteiger charge is -2.12. The minimum Gasteiger partial charge on any atom is -0.480 e. The molecule has 1 unspecified atom stereocenters. The van der Waals surface area contributed by atoms with Gasteiger partial charge in [0, 0.05) is 17.8 Å². The summed E-state index contributed by atoms with van der Waals surface area (Å²) in [4.78, 5) is 30.9. The molecule has 6 nitrogen and oxygen atoms in total. The van der Waals surface area contributed by atoms with Gasteiger partial charge in [-0.2, -0.15) is 0 Å². The number of halogens is 1. The number of rotatable bonds is 7. The number of aromatic nitrogens is 2. The summed E-state index contributed by atoms with van der Waals surface area (Å²) < 4.78 is 12.4. The van der Waals surface area contributed by atoms with Crippen molar-refractivity contribution >= 4 is 23.6 Å². The van der Waals surface area contributed by atoms with E-state index in [0.717, 1.165) is 17.0 Å². The average Bonchev–Trinajstić information content (AvgIpc) is 2.43. The fourth-order valence-electron chi connectivity index (χ4n) is 1.83. The van der Waals surface area contributed by atoms with E-state index in [4.69, 9.17) is 5.11 Å². The number of carboxylic acid groups (broad SMARTS) is 1. The molecule has 0 spiro atoms. The van der Waals surface area contributed by atoms with Crippen LogP contribution < -0.4 is 5.32 Å². The molecule has 116 valence electrons. The smallest absolute Gasteiger partial charge is 0.328 e. The molecule has 0 saturated heterocycles. The quantitative estimate of drug-likeness (QED) is 0.582. The third-order valence-electron chi connectivity index (χ3n) is 2.97. The fraction of sp³-hybridized carbons (Fsp3) is 0.538. The Balaban J connectivity index is 2.67. The predicted octanol–water partition coefficient (Wildman–Crippen LogP) is 1.29. The average molecular weight is 315 g/mol. The van der Waals surface area contributed by atoms with Gasteiger partial charge >= 0.3 is 5.97 Å². The van der Waals surface area contributed by atoms with Crippen molar-refractivity contribution in [3.63, 3.8) is 0 Å². The molecule has 0 aromatic carbocycles. The number of hydrogen-bond donors (Lipinski definition) is 2. The number of aryl methyl sites for hydroxylation is 2. The molecule has 0 aliphatic heterocycles. The van der Waals surface area contributed by atoms with Crippen LogP contribution in [0.1, 0.15) is 23.4 Å². The highest BCUT2D eigenvalue weighted by molar-refractivity contribution is 7.98. The molecular weight excluding hydrogens is 297 g/mol. The number of aliphatic carboxylic acids is 1. The van der Waals surface area contributed by atoms with Crippen LogP contribution in [0.2, 0.25) is 0 Å².